The Morgan fingerprint density at radius 1 is 1.00 bits per heavy atom. The van der Waals surface area contributed by atoms with Crippen molar-refractivity contribution >= 4 is 23.5 Å². The van der Waals surface area contributed by atoms with Gasteiger partial charge in [0.25, 0.3) is 0 Å². The van der Waals surface area contributed by atoms with E-state index in [0.29, 0.717) is 0 Å². The number of hydrogen-bond acceptors (Lipinski definition) is 7. The van der Waals surface area contributed by atoms with Crippen molar-refractivity contribution in [2.45, 2.75) is 0 Å². The number of amides is 2. The van der Waals surface area contributed by atoms with Crippen molar-refractivity contribution in [3.05, 3.63) is 24.3 Å². The largest absolute Gasteiger partial charge is 0.426 e. The highest BCUT2D eigenvalue weighted by molar-refractivity contribution is 6.16. The van der Waals surface area contributed by atoms with Crippen LogP contribution in [0.15, 0.2) is 24.3 Å². The molecule has 8 heteroatoms. The third-order valence-electron chi connectivity index (χ3n) is 2.32. The van der Waals surface area contributed by atoms with Gasteiger partial charge in [0.1, 0.15) is 5.75 Å². The number of benzene rings is 1. The van der Waals surface area contributed by atoms with Crippen LogP contribution < -0.4 is 26.8 Å². The Labute approximate surface area is 115 Å². The van der Waals surface area contributed by atoms with Gasteiger partial charge in [-0.3, -0.25) is 14.4 Å². The van der Waals surface area contributed by atoms with Crippen LogP contribution in [0.5, 0.6) is 5.75 Å². The molecule has 0 aliphatic carbocycles. The topological polar surface area (TPSA) is 142 Å². The predicted octanol–water partition coefficient (Wildman–Crippen LogP) is -1.67. The molecule has 0 saturated heterocycles. The van der Waals surface area contributed by atoms with Gasteiger partial charge in [0.05, 0.1) is 25.3 Å². The van der Waals surface area contributed by atoms with Crippen LogP contribution in [-0.4, -0.2) is 37.4 Å². The second-order valence-corrected chi connectivity index (χ2v) is 3.71. The fraction of sp³-hybridized carbons (Fsp3) is 0.250. The molecular weight excluding hydrogens is 264 g/mol. The zero-order valence-corrected chi connectivity index (χ0v) is 10.7. The lowest BCUT2D eigenvalue weighted by Crippen LogP contribution is -2.44. The van der Waals surface area contributed by atoms with Crippen LogP contribution in [0.2, 0.25) is 0 Å². The Morgan fingerprint density at radius 3 is 2.10 bits per heavy atom. The van der Waals surface area contributed by atoms with E-state index in [9.17, 15) is 14.4 Å². The lowest BCUT2D eigenvalue weighted by atomic mass is 10.2. The van der Waals surface area contributed by atoms with Gasteiger partial charge in [-0.25, -0.2) is 4.90 Å². The third-order valence-corrected chi connectivity index (χ3v) is 2.32. The number of hydrogen-bond donors (Lipinski definition) is 3. The summed E-state index contributed by atoms with van der Waals surface area (Å²) in [5, 5.41) is 0. The summed E-state index contributed by atoms with van der Waals surface area (Å²) in [5.74, 6) is -1.69. The number of ether oxygens (including phenoxy) is 1. The summed E-state index contributed by atoms with van der Waals surface area (Å²) in [5.41, 5.74) is 15.9. The number of carbonyl (C=O) groups excluding carboxylic acids is 3. The van der Waals surface area contributed by atoms with E-state index in [1.807, 2.05) is 0 Å². The summed E-state index contributed by atoms with van der Waals surface area (Å²) in [4.78, 5) is 35.4. The van der Waals surface area contributed by atoms with Crippen molar-refractivity contribution in [2.75, 3.05) is 24.5 Å². The van der Waals surface area contributed by atoms with Gasteiger partial charge in [-0.1, -0.05) is 6.07 Å². The molecule has 0 unspecified atom stereocenters. The molecule has 0 spiro atoms. The van der Waals surface area contributed by atoms with Crippen molar-refractivity contribution in [1.29, 1.82) is 0 Å². The molecule has 0 aliphatic rings. The third kappa shape index (κ3) is 3.85. The van der Waals surface area contributed by atoms with Gasteiger partial charge in [0, 0.05) is 6.07 Å². The normalized spacial score (nSPS) is 9.95. The summed E-state index contributed by atoms with van der Waals surface area (Å²) in [7, 11) is 0. The van der Waals surface area contributed by atoms with Gasteiger partial charge in [-0.2, -0.15) is 0 Å². The number of nitrogens with two attached hydrogens (primary N) is 3. The van der Waals surface area contributed by atoms with Crippen LogP contribution in [0, 0.1) is 0 Å². The van der Waals surface area contributed by atoms with Crippen LogP contribution >= 0.6 is 0 Å². The molecule has 1 aromatic carbocycles. The highest BCUT2D eigenvalue weighted by Gasteiger charge is 2.21. The maximum Gasteiger partial charge on any atom is 0.325 e. The minimum atomic E-state index is -0.635. The molecule has 0 aromatic heterocycles. The lowest BCUT2D eigenvalue weighted by molar-refractivity contribution is -0.132. The fourth-order valence-corrected chi connectivity index (χ4v) is 1.47. The van der Waals surface area contributed by atoms with Gasteiger partial charge in [-0.05, 0) is 12.1 Å². The van der Waals surface area contributed by atoms with Gasteiger partial charge < -0.3 is 21.9 Å². The van der Waals surface area contributed by atoms with E-state index in [0.717, 1.165) is 4.90 Å². The molecule has 0 heterocycles. The number of imide groups is 1. The summed E-state index contributed by atoms with van der Waals surface area (Å²) in [6.45, 7) is -0.978. The van der Waals surface area contributed by atoms with Crippen LogP contribution in [0.4, 0.5) is 5.69 Å². The fourth-order valence-electron chi connectivity index (χ4n) is 1.47. The second-order valence-electron chi connectivity index (χ2n) is 3.71. The molecule has 20 heavy (non-hydrogen) atoms. The van der Waals surface area contributed by atoms with Crippen LogP contribution in [0.1, 0.15) is 0 Å². The van der Waals surface area contributed by atoms with Crippen molar-refractivity contribution in [1.82, 2.24) is 0 Å². The van der Waals surface area contributed by atoms with E-state index in [1.54, 1.807) is 0 Å². The zero-order chi connectivity index (χ0) is 15.1. The quantitative estimate of drug-likeness (QED) is 0.432. The Kier molecular flexibility index (Phi) is 5.78. The Hall–Kier alpha value is -2.29. The first-order valence-corrected chi connectivity index (χ1v) is 5.80. The van der Waals surface area contributed by atoms with E-state index >= 15 is 0 Å². The molecule has 1 rings (SSSR count). The van der Waals surface area contributed by atoms with Gasteiger partial charge in [0.15, 0.2) is 0 Å². The summed E-state index contributed by atoms with van der Waals surface area (Å²) in [6.07, 6.45) is 0. The summed E-state index contributed by atoms with van der Waals surface area (Å²) < 4.78 is 4.91. The molecule has 6 N–H and O–H groups in total. The highest BCUT2D eigenvalue weighted by Crippen LogP contribution is 2.21. The van der Waals surface area contributed by atoms with Crippen molar-refractivity contribution < 1.29 is 19.1 Å². The average Bonchev–Trinajstić information content (AvgIpc) is 2.47. The minimum absolute atomic E-state index is 0.164. The molecule has 0 bridgehead atoms. The minimum Gasteiger partial charge on any atom is -0.426 e. The molecule has 108 valence electrons. The number of anilines is 1. The van der Waals surface area contributed by atoms with E-state index in [2.05, 4.69) is 0 Å². The lowest BCUT2D eigenvalue weighted by Gasteiger charge is -2.20. The first kappa shape index (κ1) is 15.8. The number of nitrogens with zero attached hydrogens (tertiary/aromatic N) is 1. The average molecular weight is 280 g/mol. The Morgan fingerprint density at radius 2 is 1.60 bits per heavy atom. The highest BCUT2D eigenvalue weighted by atomic mass is 16.5. The number of rotatable bonds is 5. The van der Waals surface area contributed by atoms with Crippen molar-refractivity contribution in [2.24, 2.45) is 17.2 Å². The summed E-state index contributed by atoms with van der Waals surface area (Å²) in [6, 6.07) is 5.87. The molecule has 0 aliphatic heterocycles. The maximum atomic E-state index is 11.7. The SMILES string of the molecule is NCC(=O)Oc1cccc(N(C(=O)CN)C(=O)CN)c1. The van der Waals surface area contributed by atoms with Crippen LogP contribution in [0.3, 0.4) is 0 Å². The smallest absolute Gasteiger partial charge is 0.325 e. The molecule has 0 fully saturated rings. The van der Waals surface area contributed by atoms with Crippen LogP contribution in [0.25, 0.3) is 0 Å². The van der Waals surface area contributed by atoms with E-state index in [1.165, 1.54) is 24.3 Å². The molecule has 2 amide bonds. The van der Waals surface area contributed by atoms with E-state index in [4.69, 9.17) is 21.9 Å². The Bertz CT molecular complexity index is 502. The number of carbonyl (C=O) groups is 3. The summed E-state index contributed by atoms with van der Waals surface area (Å²) >= 11 is 0. The van der Waals surface area contributed by atoms with E-state index < -0.39 is 17.8 Å². The molecular formula is C12H16N4O4. The molecule has 1 aromatic rings. The van der Waals surface area contributed by atoms with E-state index in [-0.39, 0.29) is 31.1 Å². The van der Waals surface area contributed by atoms with Gasteiger partial charge in [0.2, 0.25) is 11.8 Å². The standard InChI is InChI=1S/C12H16N4O4/c13-5-10(17)16(11(18)6-14)8-2-1-3-9(4-8)20-12(19)7-15/h1-4H,5-7,13-15H2. The predicted molar refractivity (Wildman–Crippen MR) is 71.7 cm³/mol. The van der Waals surface area contributed by atoms with Crippen LogP contribution in [-0.2, 0) is 14.4 Å². The maximum absolute atomic E-state index is 11.7. The zero-order valence-electron chi connectivity index (χ0n) is 10.7. The van der Waals surface area contributed by atoms with Gasteiger partial charge >= 0.3 is 5.97 Å². The molecule has 0 saturated carbocycles. The van der Waals surface area contributed by atoms with Crippen molar-refractivity contribution in [3.8, 4) is 5.75 Å². The second kappa shape index (κ2) is 7.34. The van der Waals surface area contributed by atoms with Gasteiger partial charge in [-0.15, -0.1) is 0 Å². The first-order valence-electron chi connectivity index (χ1n) is 5.80. The van der Waals surface area contributed by atoms with Crippen molar-refractivity contribution in [3.63, 3.8) is 0 Å². The monoisotopic (exact) mass is 280 g/mol. The molecule has 8 nitrogen and oxygen atoms in total. The molecule has 0 atom stereocenters. The Balaban J connectivity index is 3.08. The first-order chi connectivity index (χ1) is 9.53. The molecule has 0 radical (unpaired) electrons. The number of esters is 1.